The van der Waals surface area contributed by atoms with Gasteiger partial charge < -0.3 is 15.7 Å². The molecule has 228 valence electrons. The Balaban J connectivity index is 1.49. The number of rotatable bonds is 11. The molecule has 2 fully saturated rings. The molecule has 2 aliphatic heterocycles. The molecule has 2 aliphatic rings. The van der Waals surface area contributed by atoms with Crippen LogP contribution in [0.5, 0.6) is 0 Å². The Morgan fingerprint density at radius 2 is 1.74 bits per heavy atom. The number of aliphatic carboxylic acids is 1. The highest BCUT2D eigenvalue weighted by Gasteiger charge is 2.45. The minimum absolute atomic E-state index is 0.0132. The first-order chi connectivity index (χ1) is 20.5. The van der Waals surface area contributed by atoms with E-state index in [-0.39, 0.29) is 37.5 Å². The molecule has 0 aromatic heterocycles. The van der Waals surface area contributed by atoms with Crippen LogP contribution in [-0.4, -0.2) is 87.2 Å². The van der Waals surface area contributed by atoms with Crippen LogP contribution in [0.1, 0.15) is 48.0 Å². The van der Waals surface area contributed by atoms with E-state index in [4.69, 9.17) is 11.6 Å². The molecule has 43 heavy (non-hydrogen) atoms. The summed E-state index contributed by atoms with van der Waals surface area (Å²) in [5.41, 5.74) is 1.21. The molecule has 2 saturated heterocycles. The van der Waals surface area contributed by atoms with Gasteiger partial charge in [-0.3, -0.25) is 33.8 Å². The van der Waals surface area contributed by atoms with Crippen molar-refractivity contribution >= 4 is 57.9 Å². The number of hydrazine groups is 1. The number of hydrogen-bond donors (Lipinski definition) is 3. The summed E-state index contributed by atoms with van der Waals surface area (Å²) >= 11 is 6.25. The second kappa shape index (κ2) is 14.5. The number of nitrogens with zero attached hydrogens (tertiary/aromatic N) is 2. The zero-order chi connectivity index (χ0) is 31.1. The molecule has 0 bridgehead atoms. The van der Waals surface area contributed by atoms with E-state index in [0.717, 1.165) is 10.6 Å². The van der Waals surface area contributed by atoms with Crippen molar-refractivity contribution in [1.82, 2.24) is 20.7 Å². The van der Waals surface area contributed by atoms with Gasteiger partial charge in [-0.15, -0.1) is 0 Å². The predicted molar refractivity (Wildman–Crippen MR) is 161 cm³/mol. The number of carbonyl (C=O) groups is 6. The maximum absolute atomic E-state index is 13.7. The van der Waals surface area contributed by atoms with E-state index < -0.39 is 64.9 Å². The topological polar surface area (TPSA) is 153 Å². The van der Waals surface area contributed by atoms with Gasteiger partial charge in [0.25, 0.3) is 11.8 Å². The Labute approximate surface area is 257 Å². The first-order valence-corrected chi connectivity index (χ1v) is 16.3. The summed E-state index contributed by atoms with van der Waals surface area (Å²) < 4.78 is 0. The lowest BCUT2D eigenvalue weighted by molar-refractivity contribution is -0.176. The van der Waals surface area contributed by atoms with Gasteiger partial charge in [0.2, 0.25) is 17.6 Å². The van der Waals surface area contributed by atoms with Crippen LogP contribution in [-0.2, 0) is 40.6 Å². The SMILES string of the molecule is C[S+](CC(=O)C(CC(=O)O)NC(=O)C1CCCN2C(=O)CCC(NC(=O)c3ccccc3)C(=O)N12)Cc1ccccc1Cl. The van der Waals surface area contributed by atoms with Crippen LogP contribution < -0.4 is 10.6 Å². The van der Waals surface area contributed by atoms with Gasteiger partial charge in [0.15, 0.2) is 5.75 Å². The van der Waals surface area contributed by atoms with Crippen molar-refractivity contribution in [2.45, 2.75) is 56.0 Å². The molecule has 3 N–H and O–H groups in total. The van der Waals surface area contributed by atoms with Crippen LogP contribution in [0.2, 0.25) is 5.02 Å². The van der Waals surface area contributed by atoms with E-state index >= 15 is 0 Å². The first-order valence-electron chi connectivity index (χ1n) is 13.9. The van der Waals surface area contributed by atoms with Crippen LogP contribution in [0.3, 0.4) is 0 Å². The average Bonchev–Trinajstić information content (AvgIpc) is 3.10. The van der Waals surface area contributed by atoms with E-state index in [0.29, 0.717) is 22.8 Å². The fourth-order valence-electron chi connectivity index (χ4n) is 5.20. The highest BCUT2D eigenvalue weighted by Crippen LogP contribution is 2.25. The molecule has 13 heteroatoms. The number of nitrogens with one attached hydrogen (secondary N) is 2. The third kappa shape index (κ3) is 8.14. The number of fused-ring (bicyclic) bond motifs is 1. The van der Waals surface area contributed by atoms with E-state index in [2.05, 4.69) is 10.6 Å². The number of hydrogen-bond acceptors (Lipinski definition) is 6. The smallest absolute Gasteiger partial charge is 0.305 e. The fraction of sp³-hybridized carbons (Fsp3) is 0.400. The molecule has 2 aromatic rings. The van der Waals surface area contributed by atoms with Gasteiger partial charge >= 0.3 is 5.97 Å². The van der Waals surface area contributed by atoms with Crippen molar-refractivity contribution < 1.29 is 33.9 Å². The van der Waals surface area contributed by atoms with Gasteiger partial charge in [-0.2, -0.15) is 0 Å². The molecule has 0 spiro atoms. The fourth-order valence-corrected chi connectivity index (χ4v) is 7.05. The summed E-state index contributed by atoms with van der Waals surface area (Å²) in [5, 5.41) is 17.6. The van der Waals surface area contributed by atoms with Crippen LogP contribution in [0, 0.1) is 0 Å². The third-order valence-electron chi connectivity index (χ3n) is 7.34. The highest BCUT2D eigenvalue weighted by atomic mass is 35.5. The predicted octanol–water partition coefficient (Wildman–Crippen LogP) is 1.94. The molecule has 0 saturated carbocycles. The summed E-state index contributed by atoms with van der Waals surface area (Å²) in [6.45, 7) is 0.214. The van der Waals surface area contributed by atoms with Crippen molar-refractivity contribution in [1.29, 1.82) is 0 Å². The summed E-state index contributed by atoms with van der Waals surface area (Å²) in [7, 11) is -0.498. The number of ketones is 1. The quantitative estimate of drug-likeness (QED) is 0.321. The molecule has 0 radical (unpaired) electrons. The van der Waals surface area contributed by atoms with Gasteiger partial charge in [-0.05, 0) is 48.4 Å². The first kappa shape index (κ1) is 32.0. The number of carbonyl (C=O) groups excluding carboxylic acids is 5. The van der Waals surface area contributed by atoms with Crippen LogP contribution >= 0.6 is 11.6 Å². The van der Waals surface area contributed by atoms with Crippen molar-refractivity contribution in [3.05, 3.63) is 70.7 Å². The number of Topliss-reactive ketones (excluding diaryl/α,β-unsaturated/α-hetero) is 1. The van der Waals surface area contributed by atoms with Crippen molar-refractivity contribution in [2.75, 3.05) is 18.6 Å². The van der Waals surface area contributed by atoms with Crippen LogP contribution in [0.25, 0.3) is 0 Å². The molecule has 2 heterocycles. The molecule has 11 nitrogen and oxygen atoms in total. The Morgan fingerprint density at radius 1 is 1.05 bits per heavy atom. The number of amides is 4. The molecule has 4 unspecified atom stereocenters. The van der Waals surface area contributed by atoms with Crippen molar-refractivity contribution in [2.24, 2.45) is 0 Å². The molecule has 4 atom stereocenters. The Morgan fingerprint density at radius 3 is 2.44 bits per heavy atom. The van der Waals surface area contributed by atoms with Crippen LogP contribution in [0.4, 0.5) is 0 Å². The molecule has 0 aliphatic carbocycles. The van der Waals surface area contributed by atoms with Crippen molar-refractivity contribution in [3.63, 3.8) is 0 Å². The lowest BCUT2D eigenvalue weighted by Gasteiger charge is -2.43. The van der Waals surface area contributed by atoms with Gasteiger partial charge in [-0.25, -0.2) is 5.01 Å². The van der Waals surface area contributed by atoms with Gasteiger partial charge in [0.1, 0.15) is 23.9 Å². The van der Waals surface area contributed by atoms with Gasteiger partial charge in [-0.1, -0.05) is 48.0 Å². The average molecular weight is 630 g/mol. The number of benzene rings is 2. The second-order valence-corrected chi connectivity index (χ2v) is 13.1. The normalized spacial score (nSPS) is 20.0. The molecular weight excluding hydrogens is 596 g/mol. The summed E-state index contributed by atoms with van der Waals surface area (Å²) in [5.74, 6) is -3.39. The molecule has 2 aromatic carbocycles. The lowest BCUT2D eigenvalue weighted by atomic mass is 10.0. The minimum atomic E-state index is -1.33. The highest BCUT2D eigenvalue weighted by molar-refractivity contribution is 7.96. The van der Waals surface area contributed by atoms with E-state index in [1.54, 1.807) is 42.5 Å². The largest absolute Gasteiger partial charge is 0.481 e. The van der Waals surface area contributed by atoms with Crippen LogP contribution in [0.15, 0.2) is 54.6 Å². The zero-order valence-electron chi connectivity index (χ0n) is 23.7. The summed E-state index contributed by atoms with van der Waals surface area (Å²) in [6, 6.07) is 12.0. The summed E-state index contributed by atoms with van der Waals surface area (Å²) in [4.78, 5) is 78.0. The Kier molecular flexibility index (Phi) is 10.8. The Hall–Kier alpha value is -3.90. The van der Waals surface area contributed by atoms with Gasteiger partial charge in [0.05, 0.1) is 12.7 Å². The Bertz CT molecular complexity index is 1390. The zero-order valence-corrected chi connectivity index (χ0v) is 25.2. The molecular formula is C30H34ClN4O7S+. The number of halogens is 1. The van der Waals surface area contributed by atoms with E-state index in [1.165, 1.54) is 5.01 Å². The maximum atomic E-state index is 13.7. The standard InChI is InChI=1S/C30H33ClN4O7S/c1-43(17-20-10-5-6-11-21(20)31)18-25(36)23(16-27(38)39)33-29(41)24-12-7-15-34-26(37)14-13-22(30(42)35(24)34)32-28(40)19-8-3-2-4-9-19/h2-6,8-11,22-24H,7,12-18H2,1H3,(H2-,32,33,38,39,40,41)/p+1. The van der Waals surface area contributed by atoms with E-state index in [1.807, 2.05) is 18.4 Å². The summed E-state index contributed by atoms with van der Waals surface area (Å²) in [6.07, 6.45) is 1.89. The molecule has 4 amide bonds. The van der Waals surface area contributed by atoms with E-state index in [9.17, 15) is 33.9 Å². The molecule has 4 rings (SSSR count). The lowest BCUT2D eigenvalue weighted by Crippen LogP contribution is -2.64. The number of carboxylic acid groups (broad SMARTS) is 1. The minimum Gasteiger partial charge on any atom is -0.481 e. The van der Waals surface area contributed by atoms with Gasteiger partial charge in [0, 0.05) is 29.1 Å². The van der Waals surface area contributed by atoms with Crippen molar-refractivity contribution in [3.8, 4) is 0 Å². The number of carboxylic acids is 1. The monoisotopic (exact) mass is 629 g/mol. The maximum Gasteiger partial charge on any atom is 0.305 e. The third-order valence-corrected chi connectivity index (χ3v) is 9.29. The second-order valence-electron chi connectivity index (χ2n) is 10.6.